The molecule has 17 heavy (non-hydrogen) atoms. The summed E-state index contributed by atoms with van der Waals surface area (Å²) in [4.78, 5) is 8.11. The van der Waals surface area contributed by atoms with E-state index in [1.54, 1.807) is 30.6 Å². The molecule has 1 heterocycles. The first-order valence-electron chi connectivity index (χ1n) is 4.68. The highest BCUT2D eigenvalue weighted by molar-refractivity contribution is 9.08. The molecule has 0 aliphatic heterocycles. The van der Waals surface area contributed by atoms with E-state index in [2.05, 4.69) is 25.9 Å². The Morgan fingerprint density at radius 2 is 1.65 bits per heavy atom. The Balaban J connectivity index is 2.19. The summed E-state index contributed by atoms with van der Waals surface area (Å²) in [5.74, 6) is 0.508. The summed E-state index contributed by atoms with van der Waals surface area (Å²) in [7, 11) is 0. The molecule has 0 aliphatic rings. The summed E-state index contributed by atoms with van der Waals surface area (Å²) < 4.78 is 5.43. The van der Waals surface area contributed by atoms with Crippen LogP contribution in [0.15, 0.2) is 30.6 Å². The predicted octanol–water partition coefficient (Wildman–Crippen LogP) is 4.47. The van der Waals surface area contributed by atoms with Gasteiger partial charge in [-0.25, -0.2) is 9.97 Å². The maximum absolute atomic E-state index is 5.85. The van der Waals surface area contributed by atoms with Crippen molar-refractivity contribution in [3.05, 3.63) is 46.2 Å². The van der Waals surface area contributed by atoms with Crippen LogP contribution < -0.4 is 4.74 Å². The van der Waals surface area contributed by atoms with Gasteiger partial charge in [-0.2, -0.15) is 0 Å². The standard InChI is InChI=1S/C11H7BrCl2N2O/c12-4-7-5-15-11(16-6-7)17-10-2-8(13)1-9(14)3-10/h1-3,5-6H,4H2. The number of ether oxygens (including phenoxy) is 1. The van der Waals surface area contributed by atoms with Crippen LogP contribution in [-0.2, 0) is 5.33 Å². The second kappa shape index (κ2) is 5.67. The maximum Gasteiger partial charge on any atom is 0.321 e. The fourth-order valence-corrected chi connectivity index (χ4v) is 1.95. The predicted molar refractivity (Wildman–Crippen MR) is 71.2 cm³/mol. The van der Waals surface area contributed by atoms with Crippen LogP contribution in [0.2, 0.25) is 10.0 Å². The Kier molecular flexibility index (Phi) is 4.20. The SMILES string of the molecule is Clc1cc(Cl)cc(Oc2ncc(CBr)cn2)c1. The van der Waals surface area contributed by atoms with Crippen molar-refractivity contribution < 1.29 is 4.74 Å². The molecule has 1 aromatic heterocycles. The number of hydrogen-bond donors (Lipinski definition) is 0. The van der Waals surface area contributed by atoms with Crippen LogP contribution >= 0.6 is 39.1 Å². The molecule has 0 radical (unpaired) electrons. The lowest BCUT2D eigenvalue weighted by atomic mass is 10.3. The Labute approximate surface area is 117 Å². The first kappa shape index (κ1) is 12.6. The van der Waals surface area contributed by atoms with Crippen molar-refractivity contribution in [2.24, 2.45) is 0 Å². The zero-order valence-electron chi connectivity index (χ0n) is 8.53. The van der Waals surface area contributed by atoms with E-state index in [4.69, 9.17) is 27.9 Å². The number of rotatable bonds is 3. The van der Waals surface area contributed by atoms with Crippen LogP contribution in [0.4, 0.5) is 0 Å². The lowest BCUT2D eigenvalue weighted by molar-refractivity contribution is 0.441. The fraction of sp³-hybridized carbons (Fsp3) is 0.0909. The average molecular weight is 334 g/mol. The molecule has 1 aromatic carbocycles. The van der Waals surface area contributed by atoms with E-state index in [0.29, 0.717) is 21.1 Å². The van der Waals surface area contributed by atoms with Gasteiger partial charge >= 0.3 is 6.01 Å². The Bertz CT molecular complexity index is 499. The molecular formula is C11H7BrCl2N2O. The second-order valence-electron chi connectivity index (χ2n) is 3.21. The van der Waals surface area contributed by atoms with E-state index in [-0.39, 0.29) is 6.01 Å². The van der Waals surface area contributed by atoms with Gasteiger partial charge in [0.25, 0.3) is 0 Å². The van der Waals surface area contributed by atoms with Crippen LogP contribution in [0.1, 0.15) is 5.56 Å². The van der Waals surface area contributed by atoms with Crippen LogP contribution in [0.25, 0.3) is 0 Å². The smallest absolute Gasteiger partial charge is 0.321 e. The normalized spacial score (nSPS) is 10.3. The third-order valence-corrected chi connectivity index (χ3v) is 2.97. The van der Waals surface area contributed by atoms with Crippen molar-refractivity contribution in [2.75, 3.05) is 0 Å². The topological polar surface area (TPSA) is 35.0 Å². The molecule has 0 saturated heterocycles. The second-order valence-corrected chi connectivity index (χ2v) is 4.65. The van der Waals surface area contributed by atoms with Gasteiger partial charge < -0.3 is 4.74 Å². The van der Waals surface area contributed by atoms with Crippen molar-refractivity contribution in [1.29, 1.82) is 0 Å². The van der Waals surface area contributed by atoms with Crippen molar-refractivity contribution in [1.82, 2.24) is 9.97 Å². The monoisotopic (exact) mass is 332 g/mol. The largest absolute Gasteiger partial charge is 0.424 e. The third-order valence-electron chi connectivity index (χ3n) is 1.88. The molecule has 0 aliphatic carbocycles. The van der Waals surface area contributed by atoms with Gasteiger partial charge in [-0.05, 0) is 23.8 Å². The zero-order valence-corrected chi connectivity index (χ0v) is 11.6. The molecule has 2 aromatic rings. The molecule has 0 bridgehead atoms. The van der Waals surface area contributed by atoms with Gasteiger partial charge in [-0.1, -0.05) is 39.1 Å². The van der Waals surface area contributed by atoms with Gasteiger partial charge in [0.1, 0.15) is 5.75 Å². The lowest BCUT2D eigenvalue weighted by Crippen LogP contribution is -1.92. The minimum absolute atomic E-state index is 0.257. The van der Waals surface area contributed by atoms with Gasteiger partial charge in [0.05, 0.1) is 0 Å². The molecule has 0 atom stereocenters. The minimum atomic E-state index is 0.257. The van der Waals surface area contributed by atoms with Gasteiger partial charge in [0.2, 0.25) is 0 Å². The number of alkyl halides is 1. The van der Waals surface area contributed by atoms with Crippen LogP contribution in [0.3, 0.4) is 0 Å². The van der Waals surface area contributed by atoms with Crippen LogP contribution in [-0.4, -0.2) is 9.97 Å². The van der Waals surface area contributed by atoms with E-state index in [0.717, 1.165) is 5.56 Å². The summed E-state index contributed by atoms with van der Waals surface area (Å²) >= 11 is 15.0. The van der Waals surface area contributed by atoms with Gasteiger partial charge in [-0.15, -0.1) is 0 Å². The molecule has 0 amide bonds. The molecule has 0 unspecified atom stereocenters. The first-order chi connectivity index (χ1) is 8.17. The van der Waals surface area contributed by atoms with E-state index < -0.39 is 0 Å². The van der Waals surface area contributed by atoms with E-state index in [1.807, 2.05) is 0 Å². The fourth-order valence-electron chi connectivity index (χ4n) is 1.16. The van der Waals surface area contributed by atoms with Gasteiger partial charge in [0, 0.05) is 27.8 Å². The minimum Gasteiger partial charge on any atom is -0.424 e. The van der Waals surface area contributed by atoms with Crippen molar-refractivity contribution in [3.8, 4) is 11.8 Å². The van der Waals surface area contributed by atoms with E-state index in [9.17, 15) is 0 Å². The number of hydrogen-bond acceptors (Lipinski definition) is 3. The number of benzene rings is 1. The quantitative estimate of drug-likeness (QED) is 0.777. The highest BCUT2D eigenvalue weighted by atomic mass is 79.9. The first-order valence-corrected chi connectivity index (χ1v) is 6.56. The molecule has 88 valence electrons. The Morgan fingerprint density at radius 3 is 2.18 bits per heavy atom. The Morgan fingerprint density at radius 1 is 1.06 bits per heavy atom. The van der Waals surface area contributed by atoms with Crippen LogP contribution in [0, 0.1) is 0 Å². The van der Waals surface area contributed by atoms with Gasteiger partial charge in [-0.3, -0.25) is 0 Å². The van der Waals surface area contributed by atoms with E-state index in [1.165, 1.54) is 0 Å². The van der Waals surface area contributed by atoms with E-state index >= 15 is 0 Å². The highest BCUT2D eigenvalue weighted by Crippen LogP contribution is 2.26. The highest BCUT2D eigenvalue weighted by Gasteiger charge is 2.03. The summed E-state index contributed by atoms with van der Waals surface area (Å²) in [5.41, 5.74) is 0.974. The molecule has 0 fully saturated rings. The molecule has 0 saturated carbocycles. The zero-order chi connectivity index (χ0) is 12.3. The van der Waals surface area contributed by atoms with Crippen molar-refractivity contribution >= 4 is 39.1 Å². The summed E-state index contributed by atoms with van der Waals surface area (Å²) in [5, 5.41) is 1.71. The molecule has 2 rings (SSSR count). The van der Waals surface area contributed by atoms with Gasteiger partial charge in [0.15, 0.2) is 0 Å². The molecule has 0 spiro atoms. The molecular weight excluding hydrogens is 327 g/mol. The molecule has 3 nitrogen and oxygen atoms in total. The number of aromatic nitrogens is 2. The summed E-state index contributed by atoms with van der Waals surface area (Å²) in [6.45, 7) is 0. The molecule has 0 N–H and O–H groups in total. The summed E-state index contributed by atoms with van der Waals surface area (Å²) in [6.07, 6.45) is 3.37. The van der Waals surface area contributed by atoms with Crippen molar-refractivity contribution in [2.45, 2.75) is 5.33 Å². The maximum atomic E-state index is 5.85. The molecule has 6 heteroatoms. The number of halogens is 3. The average Bonchev–Trinajstić information content (AvgIpc) is 2.28. The third kappa shape index (κ3) is 3.56. The van der Waals surface area contributed by atoms with Crippen LogP contribution in [0.5, 0.6) is 11.8 Å². The summed E-state index contributed by atoms with van der Waals surface area (Å²) in [6, 6.07) is 5.18. The lowest BCUT2D eigenvalue weighted by Gasteiger charge is -2.04. The Hall–Kier alpha value is -0.840. The number of nitrogens with zero attached hydrogens (tertiary/aromatic N) is 2. The van der Waals surface area contributed by atoms with Crippen molar-refractivity contribution in [3.63, 3.8) is 0 Å².